The zero-order valence-electron chi connectivity index (χ0n) is 14.1. The van der Waals surface area contributed by atoms with Gasteiger partial charge in [0.25, 0.3) is 0 Å². The Labute approximate surface area is 138 Å². The maximum absolute atomic E-state index is 12.6. The summed E-state index contributed by atoms with van der Waals surface area (Å²) in [7, 11) is 0. The van der Waals surface area contributed by atoms with E-state index >= 15 is 0 Å². The Bertz CT molecular complexity index is 516. The van der Waals surface area contributed by atoms with Gasteiger partial charge in [-0.2, -0.15) is 0 Å². The predicted molar refractivity (Wildman–Crippen MR) is 89.1 cm³/mol. The van der Waals surface area contributed by atoms with Gasteiger partial charge in [0.1, 0.15) is 0 Å². The van der Waals surface area contributed by atoms with Crippen molar-refractivity contribution in [1.82, 2.24) is 15.2 Å². The third kappa shape index (κ3) is 3.66. The third-order valence-electron chi connectivity index (χ3n) is 5.14. The quantitative estimate of drug-likeness (QED) is 0.932. The van der Waals surface area contributed by atoms with Crippen LogP contribution in [0.4, 0.5) is 4.79 Å². The van der Waals surface area contributed by atoms with E-state index in [1.54, 1.807) is 6.20 Å². The van der Waals surface area contributed by atoms with Crippen LogP contribution in [0.3, 0.4) is 0 Å². The molecule has 0 bridgehead atoms. The zero-order valence-corrected chi connectivity index (χ0v) is 14.1. The number of pyridine rings is 1. The van der Waals surface area contributed by atoms with Crippen LogP contribution in [0.15, 0.2) is 24.5 Å². The first-order chi connectivity index (χ1) is 11.1. The van der Waals surface area contributed by atoms with E-state index in [1.807, 2.05) is 23.2 Å². The van der Waals surface area contributed by atoms with Gasteiger partial charge in [-0.15, -0.1) is 0 Å². The summed E-state index contributed by atoms with van der Waals surface area (Å²) in [5.41, 5.74) is 1.11. The molecule has 1 spiro atoms. The molecular formula is C18H27N3O2. The average molecular weight is 317 g/mol. The highest BCUT2D eigenvalue weighted by Gasteiger charge is 2.39. The molecule has 0 saturated carbocycles. The van der Waals surface area contributed by atoms with E-state index < -0.39 is 0 Å². The summed E-state index contributed by atoms with van der Waals surface area (Å²) in [6, 6.07) is 3.96. The van der Waals surface area contributed by atoms with E-state index in [4.69, 9.17) is 4.74 Å². The van der Waals surface area contributed by atoms with Crippen molar-refractivity contribution in [2.24, 2.45) is 5.92 Å². The van der Waals surface area contributed by atoms with Gasteiger partial charge >= 0.3 is 6.03 Å². The largest absolute Gasteiger partial charge is 0.375 e. The van der Waals surface area contributed by atoms with Crippen LogP contribution in [0.1, 0.15) is 51.1 Å². The predicted octanol–water partition coefficient (Wildman–Crippen LogP) is 3.13. The molecule has 1 atom stereocenters. The number of nitrogens with one attached hydrogen (secondary N) is 1. The second-order valence-corrected chi connectivity index (χ2v) is 7.08. The van der Waals surface area contributed by atoms with Gasteiger partial charge < -0.3 is 15.0 Å². The summed E-state index contributed by atoms with van der Waals surface area (Å²) in [6.07, 6.45) is 7.81. The Morgan fingerprint density at radius 2 is 2.13 bits per heavy atom. The molecule has 0 aliphatic carbocycles. The molecule has 0 unspecified atom stereocenters. The molecule has 0 radical (unpaired) electrons. The smallest absolute Gasteiger partial charge is 0.317 e. The van der Waals surface area contributed by atoms with E-state index in [9.17, 15) is 4.79 Å². The molecule has 2 aliphatic rings. The summed E-state index contributed by atoms with van der Waals surface area (Å²) < 4.78 is 5.93. The summed E-state index contributed by atoms with van der Waals surface area (Å²) in [6.45, 7) is 6.68. The van der Waals surface area contributed by atoms with Crippen molar-refractivity contribution in [2.45, 2.75) is 51.2 Å². The molecule has 5 heteroatoms. The van der Waals surface area contributed by atoms with E-state index in [0.717, 1.165) is 50.9 Å². The Hall–Kier alpha value is -1.62. The lowest BCUT2D eigenvalue weighted by atomic mass is 9.89. The highest BCUT2D eigenvalue weighted by Crippen LogP contribution is 2.35. The summed E-state index contributed by atoms with van der Waals surface area (Å²) in [5, 5.41) is 3.19. The minimum absolute atomic E-state index is 0.00480. The average Bonchev–Trinajstić information content (AvgIpc) is 3.01. The molecule has 23 heavy (non-hydrogen) atoms. The number of likely N-dealkylation sites (tertiary alicyclic amines) is 1. The Kier molecular flexibility index (Phi) is 4.85. The van der Waals surface area contributed by atoms with Crippen LogP contribution >= 0.6 is 0 Å². The number of carbonyl (C=O) groups is 1. The molecule has 2 fully saturated rings. The molecular weight excluding hydrogens is 290 g/mol. The standard InChI is InChI=1S/C18H27N3O2/c1-14(2)16(15-5-3-9-19-13-15)20-17(22)21-10-7-18(8-11-21)6-4-12-23-18/h3,5,9,13-14,16H,4,6-8,10-12H2,1-2H3,(H,20,22)/t16-/m1/s1. The molecule has 1 N–H and O–H groups in total. The fraction of sp³-hybridized carbons (Fsp3) is 0.667. The Morgan fingerprint density at radius 1 is 1.35 bits per heavy atom. The molecule has 2 aliphatic heterocycles. The van der Waals surface area contributed by atoms with Crippen LogP contribution in [0.5, 0.6) is 0 Å². The lowest BCUT2D eigenvalue weighted by Crippen LogP contribution is -2.50. The van der Waals surface area contributed by atoms with Crippen LogP contribution in [0.2, 0.25) is 0 Å². The number of urea groups is 1. The van der Waals surface area contributed by atoms with Gasteiger partial charge in [-0.3, -0.25) is 4.98 Å². The van der Waals surface area contributed by atoms with Crippen LogP contribution in [0, 0.1) is 5.92 Å². The Balaban J connectivity index is 1.59. The second-order valence-electron chi connectivity index (χ2n) is 7.08. The van der Waals surface area contributed by atoms with Crippen molar-refractivity contribution in [2.75, 3.05) is 19.7 Å². The first-order valence-corrected chi connectivity index (χ1v) is 8.69. The number of hydrogen-bond acceptors (Lipinski definition) is 3. The molecule has 126 valence electrons. The number of ether oxygens (including phenoxy) is 1. The van der Waals surface area contributed by atoms with Crippen molar-refractivity contribution in [1.29, 1.82) is 0 Å². The molecule has 1 aromatic rings. The minimum atomic E-state index is -0.00480. The van der Waals surface area contributed by atoms with E-state index in [2.05, 4.69) is 24.1 Å². The van der Waals surface area contributed by atoms with Crippen LogP contribution in [-0.2, 0) is 4.74 Å². The lowest BCUT2D eigenvalue weighted by Gasteiger charge is -2.39. The minimum Gasteiger partial charge on any atom is -0.375 e. The van der Waals surface area contributed by atoms with Crippen molar-refractivity contribution in [3.05, 3.63) is 30.1 Å². The maximum Gasteiger partial charge on any atom is 0.317 e. The van der Waals surface area contributed by atoms with E-state index in [0.29, 0.717) is 5.92 Å². The molecule has 3 heterocycles. The SMILES string of the molecule is CC(C)[C@@H](NC(=O)N1CCC2(CCCO2)CC1)c1cccnc1. The summed E-state index contributed by atoms with van der Waals surface area (Å²) >= 11 is 0. The molecule has 2 saturated heterocycles. The third-order valence-corrected chi connectivity index (χ3v) is 5.14. The molecule has 1 aromatic heterocycles. The summed E-state index contributed by atoms with van der Waals surface area (Å²) in [4.78, 5) is 18.7. The Morgan fingerprint density at radius 3 is 2.70 bits per heavy atom. The number of aromatic nitrogens is 1. The number of nitrogens with zero attached hydrogens (tertiary/aromatic N) is 2. The van der Waals surface area contributed by atoms with E-state index in [1.165, 1.54) is 0 Å². The second kappa shape index (κ2) is 6.87. The van der Waals surface area contributed by atoms with Gasteiger partial charge in [0.05, 0.1) is 11.6 Å². The molecule has 2 amide bonds. The van der Waals surface area contributed by atoms with Gasteiger partial charge in [-0.1, -0.05) is 19.9 Å². The van der Waals surface area contributed by atoms with Gasteiger partial charge in [0.2, 0.25) is 0 Å². The maximum atomic E-state index is 12.6. The summed E-state index contributed by atoms with van der Waals surface area (Å²) in [5.74, 6) is 0.317. The fourth-order valence-electron chi connectivity index (χ4n) is 3.69. The van der Waals surface area contributed by atoms with E-state index in [-0.39, 0.29) is 17.7 Å². The van der Waals surface area contributed by atoms with Crippen molar-refractivity contribution < 1.29 is 9.53 Å². The highest BCUT2D eigenvalue weighted by atomic mass is 16.5. The zero-order chi connectivity index (χ0) is 16.3. The van der Waals surface area contributed by atoms with Gasteiger partial charge in [0, 0.05) is 32.1 Å². The van der Waals surface area contributed by atoms with Crippen LogP contribution in [-0.4, -0.2) is 41.2 Å². The normalized spacial score (nSPS) is 21.6. The molecule has 3 rings (SSSR count). The van der Waals surface area contributed by atoms with Crippen LogP contribution < -0.4 is 5.32 Å². The van der Waals surface area contributed by atoms with Crippen molar-refractivity contribution in [3.63, 3.8) is 0 Å². The van der Waals surface area contributed by atoms with Crippen LogP contribution in [0.25, 0.3) is 0 Å². The monoisotopic (exact) mass is 317 g/mol. The number of hydrogen-bond donors (Lipinski definition) is 1. The first kappa shape index (κ1) is 16.2. The highest BCUT2D eigenvalue weighted by molar-refractivity contribution is 5.75. The number of piperidine rings is 1. The van der Waals surface area contributed by atoms with Gasteiger partial charge in [-0.25, -0.2) is 4.79 Å². The topological polar surface area (TPSA) is 54.5 Å². The van der Waals surface area contributed by atoms with Gasteiger partial charge in [0.15, 0.2) is 0 Å². The molecule has 5 nitrogen and oxygen atoms in total. The number of rotatable bonds is 3. The number of carbonyl (C=O) groups excluding carboxylic acids is 1. The fourth-order valence-corrected chi connectivity index (χ4v) is 3.69. The lowest BCUT2D eigenvalue weighted by molar-refractivity contribution is -0.0363. The van der Waals surface area contributed by atoms with Crippen molar-refractivity contribution in [3.8, 4) is 0 Å². The first-order valence-electron chi connectivity index (χ1n) is 8.69. The molecule has 0 aromatic carbocycles. The number of amides is 2. The van der Waals surface area contributed by atoms with Crippen molar-refractivity contribution >= 4 is 6.03 Å². The van der Waals surface area contributed by atoms with Gasteiger partial charge in [-0.05, 0) is 43.2 Å².